The highest BCUT2D eigenvalue weighted by Gasteiger charge is 2.40. The Kier molecular flexibility index (Phi) is 9.27. The summed E-state index contributed by atoms with van der Waals surface area (Å²) in [5, 5.41) is 0. The molecule has 0 amide bonds. The Bertz CT molecular complexity index is 3670. The van der Waals surface area contributed by atoms with Crippen molar-refractivity contribution in [1.29, 1.82) is 0 Å². The monoisotopic (exact) mass is 932 g/mol. The zero-order chi connectivity index (χ0) is 50.0. The quantitative estimate of drug-likeness (QED) is 0.166. The molecule has 354 valence electrons. The molecule has 0 saturated carbocycles. The van der Waals surface area contributed by atoms with Crippen LogP contribution in [0.4, 0.5) is 17.1 Å². The van der Waals surface area contributed by atoms with Gasteiger partial charge >= 0.3 is 0 Å². The van der Waals surface area contributed by atoms with Gasteiger partial charge in [0.25, 0.3) is 0 Å². The van der Waals surface area contributed by atoms with Crippen molar-refractivity contribution in [2.75, 3.05) is 4.90 Å². The summed E-state index contributed by atoms with van der Waals surface area (Å²) in [7, 11) is 0. The molecule has 0 unspecified atom stereocenters. The molecular formula is C71H65N. The van der Waals surface area contributed by atoms with Gasteiger partial charge in [-0.25, -0.2) is 0 Å². The molecule has 13 rings (SSSR count). The van der Waals surface area contributed by atoms with Crippen LogP contribution < -0.4 is 4.90 Å². The predicted octanol–water partition coefficient (Wildman–Crippen LogP) is 19.3. The van der Waals surface area contributed by atoms with E-state index >= 15 is 0 Å². The molecule has 0 aromatic heterocycles. The summed E-state index contributed by atoms with van der Waals surface area (Å²) in [6.45, 7) is 28.6. The van der Waals surface area contributed by atoms with E-state index in [0.29, 0.717) is 0 Å². The Hall–Kier alpha value is -7.22. The van der Waals surface area contributed by atoms with Crippen LogP contribution in [0.5, 0.6) is 0 Å². The predicted molar refractivity (Wildman–Crippen MR) is 306 cm³/mol. The highest BCUT2D eigenvalue weighted by molar-refractivity contribution is 5.94. The van der Waals surface area contributed by atoms with Crippen LogP contribution in [-0.4, -0.2) is 0 Å². The minimum Gasteiger partial charge on any atom is -0.310 e. The molecule has 9 aromatic rings. The normalized spacial score (nSPS) is 16.2. The van der Waals surface area contributed by atoms with Gasteiger partial charge in [-0.3, -0.25) is 0 Å². The maximum absolute atomic E-state index is 2.58. The molecule has 4 aliphatic rings. The van der Waals surface area contributed by atoms with Crippen LogP contribution in [0.25, 0.3) is 66.8 Å². The van der Waals surface area contributed by atoms with E-state index in [9.17, 15) is 0 Å². The second-order valence-corrected chi connectivity index (χ2v) is 24.6. The molecule has 4 aliphatic carbocycles. The van der Waals surface area contributed by atoms with E-state index in [2.05, 4.69) is 264 Å². The number of fused-ring (bicyclic) bond motifs is 12. The van der Waals surface area contributed by atoms with Crippen LogP contribution in [0.15, 0.2) is 176 Å². The van der Waals surface area contributed by atoms with Crippen LogP contribution in [0, 0.1) is 6.92 Å². The fourth-order valence-corrected chi connectivity index (χ4v) is 13.8. The molecule has 0 aliphatic heterocycles. The molecule has 0 atom stereocenters. The first-order valence-corrected chi connectivity index (χ1v) is 26.2. The minimum atomic E-state index is -0.192. The summed E-state index contributed by atoms with van der Waals surface area (Å²) in [6.07, 6.45) is 0. The van der Waals surface area contributed by atoms with Crippen LogP contribution >= 0.6 is 0 Å². The maximum Gasteiger partial charge on any atom is 0.0474 e. The molecule has 0 bridgehead atoms. The Morgan fingerprint density at radius 2 is 0.611 bits per heavy atom. The number of hydrogen-bond donors (Lipinski definition) is 0. The maximum atomic E-state index is 2.58. The van der Waals surface area contributed by atoms with Crippen LogP contribution in [-0.2, 0) is 27.1 Å². The van der Waals surface area contributed by atoms with E-state index in [1.165, 1.54) is 122 Å². The molecule has 1 heteroatoms. The first-order valence-electron chi connectivity index (χ1n) is 26.2. The Labute approximate surface area is 428 Å². The Morgan fingerprint density at radius 3 is 1.01 bits per heavy atom. The fourth-order valence-electron chi connectivity index (χ4n) is 13.8. The highest BCUT2D eigenvalue weighted by atomic mass is 15.1. The first kappa shape index (κ1) is 44.7. The van der Waals surface area contributed by atoms with Gasteiger partial charge in [0.05, 0.1) is 0 Å². The molecule has 9 aromatic carbocycles. The fraction of sp³-hybridized carbons (Fsp3) is 0.239. The molecule has 0 spiro atoms. The first-order chi connectivity index (χ1) is 34.3. The van der Waals surface area contributed by atoms with Crippen molar-refractivity contribution in [2.45, 2.75) is 110 Å². The van der Waals surface area contributed by atoms with Gasteiger partial charge in [0.15, 0.2) is 0 Å². The summed E-state index contributed by atoms with van der Waals surface area (Å²) in [6, 6.07) is 68.4. The van der Waals surface area contributed by atoms with Crippen LogP contribution in [0.1, 0.15) is 132 Å². The largest absolute Gasteiger partial charge is 0.310 e. The second kappa shape index (κ2) is 14.9. The summed E-state index contributed by atoms with van der Waals surface area (Å²) in [4.78, 5) is 2.58. The van der Waals surface area contributed by atoms with Gasteiger partial charge in [-0.05, 0) is 183 Å². The van der Waals surface area contributed by atoms with Crippen molar-refractivity contribution < 1.29 is 0 Å². The number of anilines is 3. The summed E-state index contributed by atoms with van der Waals surface area (Å²) in [5.41, 5.74) is 32.4. The molecule has 0 radical (unpaired) electrons. The number of rotatable bonds is 5. The average molecular weight is 932 g/mol. The number of benzene rings is 9. The number of hydrogen-bond acceptors (Lipinski definition) is 1. The summed E-state index contributed by atoms with van der Waals surface area (Å²) < 4.78 is 0. The second-order valence-electron chi connectivity index (χ2n) is 24.6. The van der Waals surface area contributed by atoms with Crippen LogP contribution in [0.3, 0.4) is 0 Å². The molecule has 0 N–H and O–H groups in total. The molecule has 0 heterocycles. The van der Waals surface area contributed by atoms with Gasteiger partial charge in [0, 0.05) is 38.7 Å². The summed E-state index contributed by atoms with van der Waals surface area (Å²) >= 11 is 0. The smallest absolute Gasteiger partial charge is 0.0474 e. The highest BCUT2D eigenvalue weighted by Crippen LogP contribution is 2.56. The third-order valence-electron chi connectivity index (χ3n) is 18.0. The number of nitrogens with zero attached hydrogens (tertiary/aromatic N) is 1. The Morgan fingerprint density at radius 1 is 0.292 bits per heavy atom. The lowest BCUT2D eigenvalue weighted by atomic mass is 9.79. The van der Waals surface area contributed by atoms with Crippen molar-refractivity contribution >= 4 is 17.1 Å². The van der Waals surface area contributed by atoms with Gasteiger partial charge in [-0.1, -0.05) is 204 Å². The zero-order valence-corrected chi connectivity index (χ0v) is 44.2. The molecule has 0 saturated heterocycles. The minimum absolute atomic E-state index is 0.0564. The van der Waals surface area contributed by atoms with E-state index in [1.807, 2.05) is 0 Å². The van der Waals surface area contributed by atoms with E-state index in [1.54, 1.807) is 0 Å². The van der Waals surface area contributed by atoms with Gasteiger partial charge in [0.2, 0.25) is 0 Å². The Balaban J connectivity index is 1.06. The lowest BCUT2D eigenvalue weighted by molar-refractivity contribution is 0.584. The van der Waals surface area contributed by atoms with E-state index < -0.39 is 0 Å². The zero-order valence-electron chi connectivity index (χ0n) is 44.2. The molecule has 1 nitrogen and oxygen atoms in total. The van der Waals surface area contributed by atoms with Crippen molar-refractivity contribution in [2.24, 2.45) is 0 Å². The van der Waals surface area contributed by atoms with Gasteiger partial charge < -0.3 is 4.90 Å². The van der Waals surface area contributed by atoms with Gasteiger partial charge in [0.1, 0.15) is 0 Å². The van der Waals surface area contributed by atoms with Crippen molar-refractivity contribution in [1.82, 2.24) is 0 Å². The van der Waals surface area contributed by atoms with E-state index in [-0.39, 0.29) is 27.1 Å². The molecule has 72 heavy (non-hydrogen) atoms. The summed E-state index contributed by atoms with van der Waals surface area (Å²) in [5.74, 6) is 0. The van der Waals surface area contributed by atoms with Crippen molar-refractivity contribution in [3.63, 3.8) is 0 Å². The van der Waals surface area contributed by atoms with Crippen molar-refractivity contribution in [3.05, 3.63) is 232 Å². The van der Waals surface area contributed by atoms with Gasteiger partial charge in [-0.15, -0.1) is 0 Å². The van der Waals surface area contributed by atoms with Crippen molar-refractivity contribution in [3.8, 4) is 66.8 Å². The average Bonchev–Trinajstić information content (AvgIpc) is 3.93. The molecule has 0 fully saturated rings. The third kappa shape index (κ3) is 6.19. The lowest BCUT2D eigenvalue weighted by Gasteiger charge is -2.31. The van der Waals surface area contributed by atoms with Gasteiger partial charge in [-0.2, -0.15) is 0 Å². The third-order valence-corrected chi connectivity index (χ3v) is 18.0. The van der Waals surface area contributed by atoms with E-state index in [0.717, 1.165) is 17.1 Å². The SMILES string of the molecule is Cc1c(-c2ccc3c(c2)C(C)(C)c2ccccc2-3)cc(N(c2ccc3c(c2)C(C)(C)c2ccccc2-3)c2ccc3c(c2)C(C)(C)c2cc(C(C)(C)C)ccc2-3)cc1-c1ccc2c(c1)C(C)(C)c1ccccc1-2. The standard InChI is InChI=1S/C71H65N/c1-42-57(43-25-30-52-49-19-13-16-22-59(49)68(5,6)62(52)35-43)38-48(39-58(42)44-26-31-53-50-20-14-17-23-60(50)69(7,8)63(53)36-44)72(46-28-33-55-51-21-15-18-24-61(51)70(9,10)65(55)40-46)47-29-34-56-54-32-27-45(67(2,3)4)37-64(54)71(11,12)66(56)41-47/h13-41H,1-12H3. The van der Waals surface area contributed by atoms with Crippen LogP contribution in [0.2, 0.25) is 0 Å². The van der Waals surface area contributed by atoms with E-state index in [4.69, 9.17) is 0 Å². The lowest BCUT2D eigenvalue weighted by Crippen LogP contribution is -2.19. The molecular weight excluding hydrogens is 867 g/mol. The topological polar surface area (TPSA) is 3.24 Å².